The minimum absolute atomic E-state index is 0. The molecule has 0 unspecified atom stereocenters. The topological polar surface area (TPSA) is 60.2 Å². The Morgan fingerprint density at radius 2 is 1.83 bits per heavy atom. The molecule has 0 radical (unpaired) electrons. The first-order valence-electron chi connectivity index (χ1n) is 0.859. The molecule has 0 fully saturated rings. The maximum absolute atomic E-state index is 8.81. The Labute approximate surface area is 63.7 Å². The Kier molecular flexibility index (Phi) is 8.52. The van der Waals surface area contributed by atoms with Crippen molar-refractivity contribution in [3.05, 3.63) is 10.1 Å². The number of nitro groups is 1. The van der Waals surface area contributed by atoms with E-state index in [-0.39, 0.29) is 44.1 Å². The van der Waals surface area contributed by atoms with E-state index in [4.69, 9.17) is 14.9 Å². The van der Waals surface area contributed by atoms with Gasteiger partial charge in [-0.25, -0.2) is 4.79 Å². The number of nitrogens with zero attached hydrogens (tertiary/aromatic N) is 1. The Hall–Kier alpha value is 0.330. The van der Waals surface area contributed by atoms with Crippen LogP contribution in [-0.2, 0) is 4.79 Å². The second kappa shape index (κ2) is 5.33. The summed E-state index contributed by atoms with van der Waals surface area (Å²) in [5, 5.41) is 8.81. The van der Waals surface area contributed by atoms with Crippen LogP contribution in [0.1, 0.15) is 0 Å². The van der Waals surface area contributed by atoms with Crippen LogP contribution in [0.4, 0.5) is 0 Å². The van der Waals surface area contributed by atoms with Crippen molar-refractivity contribution in [1.29, 1.82) is 0 Å². The second-order valence-electron chi connectivity index (χ2n) is 0.391. The fourth-order valence-electron chi connectivity index (χ4n) is 0. The van der Waals surface area contributed by atoms with Crippen LogP contribution in [0.25, 0.3) is 0 Å². The zero-order valence-electron chi connectivity index (χ0n) is 2.25. The molecule has 0 saturated carbocycles. The molecule has 1 amide bonds. The van der Waals surface area contributed by atoms with E-state index in [2.05, 4.69) is 0 Å². The van der Waals surface area contributed by atoms with Crippen molar-refractivity contribution < 1.29 is 9.72 Å². The van der Waals surface area contributed by atoms with Gasteiger partial charge < -0.3 is 0 Å². The van der Waals surface area contributed by atoms with Gasteiger partial charge in [0.05, 0.1) is 4.92 Å². The monoisotopic (exact) mass is 117 g/mol. The normalized spacial score (nSPS) is 5.33. The predicted octanol–water partition coefficient (Wildman–Crippen LogP) is -1.50. The molecule has 6 heavy (non-hydrogen) atoms. The SMILES string of the molecule is O=C[N+](=O)[O-].[CaH2]. The van der Waals surface area contributed by atoms with Crippen LogP contribution in [0.2, 0.25) is 0 Å². The van der Waals surface area contributed by atoms with Gasteiger partial charge in [0.25, 0.3) is 0 Å². The third-order valence-electron chi connectivity index (χ3n) is 0.0861. The molecular formula is CH3CaNO3. The van der Waals surface area contributed by atoms with Crippen LogP contribution >= 0.6 is 0 Å². The fraction of sp³-hybridized carbons (Fsp3) is 0. The molecule has 0 aliphatic heterocycles. The van der Waals surface area contributed by atoms with Crippen LogP contribution in [0.15, 0.2) is 0 Å². The number of rotatable bonds is 1. The maximum atomic E-state index is 8.81. The molecule has 0 heterocycles. The van der Waals surface area contributed by atoms with Gasteiger partial charge in [-0.05, 0) is 0 Å². The second-order valence-corrected chi connectivity index (χ2v) is 0.391. The molecule has 0 aromatic rings. The summed E-state index contributed by atoms with van der Waals surface area (Å²) in [7, 11) is 0. The van der Waals surface area contributed by atoms with E-state index in [0.29, 0.717) is 0 Å². The van der Waals surface area contributed by atoms with Gasteiger partial charge in [0.2, 0.25) is 0 Å². The number of carbonyl (C=O) groups excluding carboxylic acids is 1. The quantitative estimate of drug-likeness (QED) is 0.182. The van der Waals surface area contributed by atoms with Crippen molar-refractivity contribution in [2.75, 3.05) is 0 Å². The van der Waals surface area contributed by atoms with Crippen molar-refractivity contribution in [3.63, 3.8) is 0 Å². The van der Waals surface area contributed by atoms with Crippen LogP contribution in [0.3, 0.4) is 0 Å². The molecule has 32 valence electrons. The van der Waals surface area contributed by atoms with Gasteiger partial charge >= 0.3 is 44.1 Å². The summed E-state index contributed by atoms with van der Waals surface area (Å²) in [6.45, 7) is 0. The molecule has 0 aliphatic rings. The molecule has 0 N–H and O–H groups in total. The summed E-state index contributed by atoms with van der Waals surface area (Å²) in [6, 6.07) is 0. The summed E-state index contributed by atoms with van der Waals surface area (Å²) >= 11 is 0. The van der Waals surface area contributed by atoms with Crippen molar-refractivity contribution in [1.82, 2.24) is 0 Å². The molecule has 0 atom stereocenters. The molecule has 0 bridgehead atoms. The molecule has 0 aliphatic carbocycles. The van der Waals surface area contributed by atoms with E-state index in [9.17, 15) is 0 Å². The summed E-state index contributed by atoms with van der Waals surface area (Å²) in [4.78, 5) is 16.6. The van der Waals surface area contributed by atoms with Crippen LogP contribution in [0.5, 0.6) is 0 Å². The van der Waals surface area contributed by atoms with Gasteiger partial charge in [0.15, 0.2) is 0 Å². The first-order chi connectivity index (χ1) is 2.27. The van der Waals surface area contributed by atoms with Crippen molar-refractivity contribution >= 4 is 44.1 Å². The number of hydrogen-bond donors (Lipinski definition) is 0. The van der Waals surface area contributed by atoms with Crippen molar-refractivity contribution in [2.45, 2.75) is 0 Å². The van der Waals surface area contributed by atoms with Crippen LogP contribution in [0, 0.1) is 10.1 Å². The van der Waals surface area contributed by atoms with Gasteiger partial charge in [-0.3, -0.25) is 10.1 Å². The Morgan fingerprint density at radius 3 is 1.83 bits per heavy atom. The zero-order valence-corrected chi connectivity index (χ0v) is 2.25. The molecule has 0 saturated heterocycles. The van der Waals surface area contributed by atoms with Crippen LogP contribution < -0.4 is 0 Å². The molecule has 5 heteroatoms. The Bertz CT molecular complexity index is 61.8. The molecule has 0 aromatic carbocycles. The van der Waals surface area contributed by atoms with Gasteiger partial charge in [0, 0.05) is 0 Å². The van der Waals surface area contributed by atoms with Gasteiger partial charge in [-0.1, -0.05) is 0 Å². The first-order valence-corrected chi connectivity index (χ1v) is 0.859. The van der Waals surface area contributed by atoms with Crippen LogP contribution in [-0.4, -0.2) is 49.1 Å². The van der Waals surface area contributed by atoms with E-state index < -0.39 is 4.92 Å². The molecule has 0 aromatic heterocycles. The minimum atomic E-state index is -1.06. The molecule has 4 nitrogen and oxygen atoms in total. The number of hydrogen-bond acceptors (Lipinski definition) is 3. The Morgan fingerprint density at radius 1 is 1.67 bits per heavy atom. The molecular weight excluding hydrogens is 114 g/mol. The number of amides is 1. The molecule has 0 spiro atoms. The summed E-state index contributed by atoms with van der Waals surface area (Å²) in [5.41, 5.74) is 0. The average Bonchev–Trinajstić information content (AvgIpc) is 1.38. The summed E-state index contributed by atoms with van der Waals surface area (Å²) < 4.78 is 0. The summed E-state index contributed by atoms with van der Waals surface area (Å²) in [5.74, 6) is 0. The third kappa shape index (κ3) is 8.84. The fourth-order valence-corrected chi connectivity index (χ4v) is 0. The average molecular weight is 117 g/mol. The van der Waals surface area contributed by atoms with E-state index in [1.165, 1.54) is 0 Å². The third-order valence-corrected chi connectivity index (χ3v) is 0.0861. The number of carbonyl (C=O) groups is 1. The van der Waals surface area contributed by atoms with Gasteiger partial charge in [-0.2, -0.15) is 0 Å². The Balaban J connectivity index is 0. The summed E-state index contributed by atoms with van der Waals surface area (Å²) in [6.07, 6.45) is -0.361. The van der Waals surface area contributed by atoms with Crippen molar-refractivity contribution in [3.8, 4) is 0 Å². The van der Waals surface area contributed by atoms with Gasteiger partial charge in [0.1, 0.15) is 0 Å². The van der Waals surface area contributed by atoms with E-state index >= 15 is 0 Å². The van der Waals surface area contributed by atoms with E-state index in [1.807, 2.05) is 0 Å². The van der Waals surface area contributed by atoms with E-state index in [1.54, 1.807) is 0 Å². The van der Waals surface area contributed by atoms with E-state index in [0.717, 1.165) is 0 Å². The predicted molar refractivity (Wildman–Crippen MR) is 21.6 cm³/mol. The van der Waals surface area contributed by atoms with Crippen molar-refractivity contribution in [2.24, 2.45) is 0 Å². The first kappa shape index (κ1) is 9.59. The van der Waals surface area contributed by atoms with Gasteiger partial charge in [-0.15, -0.1) is 0 Å². The molecule has 0 rings (SSSR count). The standard InChI is InChI=1S/CHNO3.Ca.2H/c3-1-2(4)5;;;/h1H;;;. The zero-order chi connectivity index (χ0) is 4.28.